The van der Waals surface area contributed by atoms with E-state index in [1.807, 2.05) is 44.2 Å². The van der Waals surface area contributed by atoms with Gasteiger partial charge in [-0.1, -0.05) is 44.2 Å². The number of para-hydroxylation sites is 2. The number of anilines is 2. The minimum absolute atomic E-state index is 0.0144. The average molecular weight is 481 g/mol. The molecule has 34 heavy (non-hydrogen) atoms. The van der Waals surface area contributed by atoms with Crippen molar-refractivity contribution < 1.29 is 17.5 Å². The first-order chi connectivity index (χ1) is 16.2. The van der Waals surface area contributed by atoms with Crippen molar-refractivity contribution in [1.29, 1.82) is 0 Å². The number of halogens is 1. The lowest BCUT2D eigenvalue weighted by Gasteiger charge is -2.34. The minimum Gasteiger partial charge on any atom is -0.489 e. The summed E-state index contributed by atoms with van der Waals surface area (Å²) < 4.78 is 48.2. The van der Waals surface area contributed by atoms with Crippen LogP contribution in [0.1, 0.15) is 44.7 Å². The number of nitrogens with one attached hydrogen (secondary N) is 2. The standard InChI is InChI=1S/C27H29FN2O3S/c1-27(2)15-24-26(34(31,32)17-27)25(30-23-11-7-6-10-22(23)29-24)20-13-12-19(14-21(20)28)33-16-18-8-4-3-5-9-18/h4,6-14,25,29-30H,3,5,15-17H2,1-2H3. The Balaban J connectivity index is 1.53. The van der Waals surface area contributed by atoms with Gasteiger partial charge in [-0.3, -0.25) is 0 Å². The molecule has 2 aromatic carbocycles. The van der Waals surface area contributed by atoms with E-state index in [2.05, 4.69) is 22.8 Å². The first kappa shape index (κ1) is 22.7. The van der Waals surface area contributed by atoms with Crippen molar-refractivity contribution in [3.8, 4) is 5.75 Å². The number of fused-ring (bicyclic) bond motifs is 1. The van der Waals surface area contributed by atoms with E-state index in [9.17, 15) is 8.42 Å². The summed E-state index contributed by atoms with van der Waals surface area (Å²) in [6.07, 6.45) is 8.81. The second-order valence-electron chi connectivity index (χ2n) is 9.92. The fourth-order valence-corrected chi connectivity index (χ4v) is 7.28. The highest BCUT2D eigenvalue weighted by Gasteiger charge is 2.43. The SMILES string of the molecule is CC1(C)CC2=C(C(c3ccc(OCC4=CCCC=C4)cc3F)Nc3ccccc3N2)S(=O)(=O)C1. The van der Waals surface area contributed by atoms with E-state index in [-0.39, 0.29) is 16.2 Å². The second-order valence-corrected chi connectivity index (χ2v) is 11.9. The lowest BCUT2D eigenvalue weighted by molar-refractivity contribution is 0.352. The molecule has 0 fully saturated rings. The fourth-order valence-electron chi connectivity index (χ4n) is 4.95. The molecule has 0 saturated carbocycles. The lowest BCUT2D eigenvalue weighted by Crippen LogP contribution is -2.35. The van der Waals surface area contributed by atoms with Crippen LogP contribution in [0.2, 0.25) is 0 Å². The number of rotatable bonds is 4. The van der Waals surface area contributed by atoms with Gasteiger partial charge in [-0.05, 0) is 54.5 Å². The lowest BCUT2D eigenvalue weighted by atomic mass is 9.88. The number of sulfone groups is 1. The van der Waals surface area contributed by atoms with E-state index in [0.29, 0.717) is 24.5 Å². The normalized spacial score (nSPS) is 22.4. The molecule has 0 saturated heterocycles. The average Bonchev–Trinajstić information content (AvgIpc) is 2.94. The van der Waals surface area contributed by atoms with Crippen molar-refractivity contribution in [2.45, 2.75) is 39.2 Å². The molecule has 0 amide bonds. The van der Waals surface area contributed by atoms with Crippen molar-refractivity contribution in [1.82, 2.24) is 0 Å². The van der Waals surface area contributed by atoms with Gasteiger partial charge in [0.2, 0.25) is 0 Å². The maximum atomic E-state index is 15.5. The van der Waals surface area contributed by atoms with Gasteiger partial charge >= 0.3 is 0 Å². The van der Waals surface area contributed by atoms with Gasteiger partial charge in [0.15, 0.2) is 9.84 Å². The molecule has 0 aromatic heterocycles. The van der Waals surface area contributed by atoms with E-state index in [0.717, 1.165) is 29.8 Å². The van der Waals surface area contributed by atoms with E-state index in [1.54, 1.807) is 12.1 Å². The monoisotopic (exact) mass is 480 g/mol. The molecule has 178 valence electrons. The number of ether oxygens (including phenoxy) is 1. The first-order valence-corrected chi connectivity index (χ1v) is 13.2. The highest BCUT2D eigenvalue weighted by molar-refractivity contribution is 7.95. The van der Waals surface area contributed by atoms with Gasteiger partial charge in [0, 0.05) is 17.3 Å². The Labute approximate surface area is 200 Å². The zero-order valence-corrected chi connectivity index (χ0v) is 20.2. The molecule has 3 aliphatic rings. The largest absolute Gasteiger partial charge is 0.489 e. The van der Waals surface area contributed by atoms with E-state index < -0.39 is 27.1 Å². The number of allylic oxidation sites excluding steroid dienone is 3. The van der Waals surface area contributed by atoms with E-state index >= 15 is 4.39 Å². The molecular weight excluding hydrogens is 451 g/mol. The van der Waals surface area contributed by atoms with Crippen molar-refractivity contribution in [2.75, 3.05) is 23.0 Å². The molecule has 0 spiro atoms. The highest BCUT2D eigenvalue weighted by atomic mass is 32.2. The van der Waals surface area contributed by atoms with Crippen LogP contribution in [0.25, 0.3) is 0 Å². The molecule has 1 aliphatic carbocycles. The Bertz CT molecular complexity index is 1330. The predicted octanol–water partition coefficient (Wildman–Crippen LogP) is 6.12. The van der Waals surface area contributed by atoms with Gasteiger partial charge in [0.05, 0.1) is 28.1 Å². The molecule has 1 unspecified atom stereocenters. The maximum Gasteiger partial charge on any atom is 0.179 e. The smallest absolute Gasteiger partial charge is 0.179 e. The predicted molar refractivity (Wildman–Crippen MR) is 134 cm³/mol. The molecule has 0 radical (unpaired) electrons. The molecule has 7 heteroatoms. The number of benzene rings is 2. The third-order valence-corrected chi connectivity index (χ3v) is 8.72. The Hall–Kier alpha value is -3.06. The molecule has 2 aliphatic heterocycles. The quantitative estimate of drug-likeness (QED) is 0.552. The van der Waals surface area contributed by atoms with Crippen LogP contribution in [-0.2, 0) is 9.84 Å². The van der Waals surface area contributed by atoms with Gasteiger partial charge < -0.3 is 15.4 Å². The fraction of sp³-hybridized carbons (Fsp3) is 0.333. The van der Waals surface area contributed by atoms with Crippen LogP contribution in [0.3, 0.4) is 0 Å². The Kier molecular flexibility index (Phi) is 5.76. The van der Waals surface area contributed by atoms with Crippen LogP contribution in [0.15, 0.2) is 76.9 Å². The summed E-state index contributed by atoms with van der Waals surface area (Å²) in [4.78, 5) is 0.216. The molecular formula is C27H29FN2O3S. The van der Waals surface area contributed by atoms with Crippen molar-refractivity contribution in [3.05, 3.63) is 88.2 Å². The van der Waals surface area contributed by atoms with Crippen LogP contribution < -0.4 is 15.4 Å². The summed E-state index contributed by atoms with van der Waals surface area (Å²) in [5, 5.41) is 6.64. The molecule has 5 nitrogen and oxygen atoms in total. The third-order valence-electron chi connectivity index (χ3n) is 6.40. The highest BCUT2D eigenvalue weighted by Crippen LogP contribution is 2.47. The summed E-state index contributed by atoms with van der Waals surface area (Å²) in [5.41, 5.74) is 3.04. The van der Waals surface area contributed by atoms with Crippen LogP contribution in [0, 0.1) is 11.2 Å². The Morgan fingerprint density at radius 1 is 1.12 bits per heavy atom. The zero-order chi connectivity index (χ0) is 23.9. The maximum absolute atomic E-state index is 15.5. The molecule has 1 atom stereocenters. The summed E-state index contributed by atoms with van der Waals surface area (Å²) in [5.74, 6) is -0.0787. The van der Waals surface area contributed by atoms with Gasteiger partial charge in [-0.15, -0.1) is 0 Å². The van der Waals surface area contributed by atoms with Gasteiger partial charge in [-0.25, -0.2) is 12.8 Å². The summed E-state index contributed by atoms with van der Waals surface area (Å²) >= 11 is 0. The molecule has 5 rings (SSSR count). The molecule has 2 aromatic rings. The van der Waals surface area contributed by atoms with Crippen LogP contribution in [0.4, 0.5) is 15.8 Å². The van der Waals surface area contributed by atoms with Crippen molar-refractivity contribution in [2.24, 2.45) is 5.41 Å². The summed E-state index contributed by atoms with van der Waals surface area (Å²) in [6, 6.07) is 11.4. The second kappa shape index (κ2) is 8.62. The zero-order valence-electron chi connectivity index (χ0n) is 19.4. The van der Waals surface area contributed by atoms with Crippen LogP contribution >= 0.6 is 0 Å². The van der Waals surface area contributed by atoms with Gasteiger partial charge in [0.25, 0.3) is 0 Å². The molecule has 2 N–H and O–H groups in total. The van der Waals surface area contributed by atoms with Gasteiger partial charge in [-0.2, -0.15) is 0 Å². The van der Waals surface area contributed by atoms with E-state index in [4.69, 9.17) is 4.74 Å². The van der Waals surface area contributed by atoms with E-state index in [1.165, 1.54) is 6.07 Å². The molecule has 2 heterocycles. The minimum atomic E-state index is -3.64. The number of hydrogen-bond donors (Lipinski definition) is 2. The van der Waals surface area contributed by atoms with Crippen molar-refractivity contribution in [3.63, 3.8) is 0 Å². The summed E-state index contributed by atoms with van der Waals surface area (Å²) in [6.45, 7) is 4.25. The van der Waals surface area contributed by atoms with Gasteiger partial charge in [0.1, 0.15) is 18.2 Å². The molecule has 0 bridgehead atoms. The van der Waals surface area contributed by atoms with Crippen molar-refractivity contribution >= 4 is 21.2 Å². The van der Waals surface area contributed by atoms with Crippen LogP contribution in [-0.4, -0.2) is 20.8 Å². The Morgan fingerprint density at radius 2 is 1.91 bits per heavy atom. The van der Waals surface area contributed by atoms with Crippen LogP contribution in [0.5, 0.6) is 5.75 Å². The first-order valence-electron chi connectivity index (χ1n) is 11.6. The number of hydrogen-bond acceptors (Lipinski definition) is 5. The summed E-state index contributed by atoms with van der Waals surface area (Å²) in [7, 11) is -3.64. The Morgan fingerprint density at radius 3 is 2.65 bits per heavy atom. The topological polar surface area (TPSA) is 67.4 Å². The third kappa shape index (κ3) is 4.49.